The molecule has 0 rings (SSSR count). The lowest BCUT2D eigenvalue weighted by molar-refractivity contribution is 0.155. The van der Waals surface area contributed by atoms with Crippen molar-refractivity contribution in [1.82, 2.24) is 0 Å². The molecule has 0 heterocycles. The highest BCUT2D eigenvalue weighted by Gasteiger charge is 2.29. The highest BCUT2D eigenvalue weighted by atomic mass is 32.2. The average molecular weight is 379 g/mol. The third kappa shape index (κ3) is 14.7. The number of rotatable bonds is 18. The first kappa shape index (κ1) is 24.9. The molecule has 0 radical (unpaired) electrons. The molecule has 4 nitrogen and oxygen atoms in total. The van der Waals surface area contributed by atoms with Crippen LogP contribution < -0.4 is 0 Å². The van der Waals surface area contributed by atoms with Crippen molar-refractivity contribution in [2.45, 2.75) is 128 Å². The molecule has 0 saturated heterocycles. The lowest BCUT2D eigenvalue weighted by Crippen LogP contribution is -2.33. The van der Waals surface area contributed by atoms with Gasteiger partial charge in [0.1, 0.15) is 5.25 Å². The predicted octanol–water partition coefficient (Wildman–Crippen LogP) is 5.89. The second kappa shape index (κ2) is 16.1. The van der Waals surface area contributed by atoms with Gasteiger partial charge in [0.15, 0.2) is 0 Å². The van der Waals surface area contributed by atoms with Gasteiger partial charge in [-0.1, -0.05) is 104 Å². The molecule has 152 valence electrons. The molecule has 0 saturated carbocycles. The summed E-state index contributed by atoms with van der Waals surface area (Å²) in [6, 6.07) is 0. The maximum absolute atomic E-state index is 11.3. The molecule has 0 aromatic rings. The summed E-state index contributed by atoms with van der Waals surface area (Å²) in [5, 5.41) is 8.70. The van der Waals surface area contributed by atoms with E-state index in [-0.39, 0.29) is 0 Å². The summed E-state index contributed by atoms with van der Waals surface area (Å²) in [5.41, 5.74) is 0. The largest absolute Gasteiger partial charge is 0.392 e. The monoisotopic (exact) mass is 378 g/mol. The van der Waals surface area contributed by atoms with E-state index in [1.54, 1.807) is 6.92 Å². The molecule has 2 unspecified atom stereocenters. The molecule has 0 amide bonds. The minimum atomic E-state index is -4.14. The fourth-order valence-corrected chi connectivity index (χ4v) is 4.40. The molecular weight excluding hydrogens is 336 g/mol. The van der Waals surface area contributed by atoms with Crippen LogP contribution in [0.15, 0.2) is 0 Å². The zero-order chi connectivity index (χ0) is 19.0. The third-order valence-corrected chi connectivity index (χ3v) is 6.39. The van der Waals surface area contributed by atoms with Gasteiger partial charge in [0.2, 0.25) is 0 Å². The van der Waals surface area contributed by atoms with Gasteiger partial charge in [-0.15, -0.1) is 0 Å². The zero-order valence-electron chi connectivity index (χ0n) is 16.6. The van der Waals surface area contributed by atoms with Gasteiger partial charge in [-0.3, -0.25) is 4.55 Å². The van der Waals surface area contributed by atoms with Crippen molar-refractivity contribution in [1.29, 1.82) is 0 Å². The normalized spacial score (nSPS) is 14.6. The molecule has 5 heteroatoms. The van der Waals surface area contributed by atoms with Crippen LogP contribution in [0.2, 0.25) is 0 Å². The first-order chi connectivity index (χ1) is 11.9. The Labute approximate surface area is 156 Å². The maximum atomic E-state index is 11.3. The number of aliphatic hydroxyl groups excluding tert-OH is 1. The molecular formula is C20H42O4S. The summed E-state index contributed by atoms with van der Waals surface area (Å²) in [6.45, 7) is 3.98. The van der Waals surface area contributed by atoms with Crippen LogP contribution in [0, 0.1) is 0 Å². The fourth-order valence-electron chi connectivity index (χ4n) is 3.34. The van der Waals surface area contributed by atoms with Crippen molar-refractivity contribution in [2.75, 3.05) is 0 Å². The van der Waals surface area contributed by atoms with Gasteiger partial charge in [-0.2, -0.15) is 8.42 Å². The van der Waals surface area contributed by atoms with Crippen LogP contribution in [0.25, 0.3) is 0 Å². The quantitative estimate of drug-likeness (QED) is 0.230. The van der Waals surface area contributed by atoms with Crippen molar-refractivity contribution >= 4 is 10.1 Å². The molecule has 0 bridgehead atoms. The van der Waals surface area contributed by atoms with E-state index >= 15 is 0 Å². The van der Waals surface area contributed by atoms with E-state index in [4.69, 9.17) is 0 Å². The number of aliphatic hydroxyl groups is 1. The van der Waals surface area contributed by atoms with Gasteiger partial charge in [0.25, 0.3) is 10.1 Å². The first-order valence-electron chi connectivity index (χ1n) is 10.6. The molecule has 2 atom stereocenters. The maximum Gasteiger partial charge on any atom is 0.270 e. The number of hydrogen-bond donors (Lipinski definition) is 2. The van der Waals surface area contributed by atoms with Crippen molar-refractivity contribution in [3.05, 3.63) is 0 Å². The Morgan fingerprint density at radius 2 is 1.04 bits per heavy atom. The summed E-state index contributed by atoms with van der Waals surface area (Å²) in [6.07, 6.45) is 17.3. The first-order valence-corrected chi connectivity index (χ1v) is 12.1. The van der Waals surface area contributed by atoms with Gasteiger partial charge in [-0.25, -0.2) is 0 Å². The van der Waals surface area contributed by atoms with Crippen LogP contribution in [0.1, 0.15) is 117 Å². The van der Waals surface area contributed by atoms with Crippen molar-refractivity contribution in [2.24, 2.45) is 0 Å². The number of unbranched alkanes of at least 4 members (excludes halogenated alkanes) is 13. The molecule has 25 heavy (non-hydrogen) atoms. The summed E-state index contributed by atoms with van der Waals surface area (Å²) in [5.74, 6) is 0. The fraction of sp³-hybridized carbons (Fsp3) is 1.00. The Balaban J connectivity index is 3.46. The summed E-state index contributed by atoms with van der Waals surface area (Å²) >= 11 is 0. The summed E-state index contributed by atoms with van der Waals surface area (Å²) in [7, 11) is -4.14. The molecule has 2 N–H and O–H groups in total. The predicted molar refractivity (Wildman–Crippen MR) is 107 cm³/mol. The molecule has 0 aliphatic rings. The molecule has 0 aliphatic carbocycles. The topological polar surface area (TPSA) is 74.6 Å². The molecule has 0 spiro atoms. The minimum absolute atomic E-state index is 0.350. The zero-order valence-corrected chi connectivity index (χ0v) is 17.4. The molecule has 0 fully saturated rings. The Morgan fingerprint density at radius 1 is 0.680 bits per heavy atom. The highest BCUT2D eigenvalue weighted by Crippen LogP contribution is 2.18. The van der Waals surface area contributed by atoms with Crippen molar-refractivity contribution in [3.8, 4) is 0 Å². The van der Waals surface area contributed by atoms with Gasteiger partial charge < -0.3 is 5.11 Å². The van der Waals surface area contributed by atoms with E-state index in [0.29, 0.717) is 12.8 Å². The molecule has 0 aromatic carbocycles. The van der Waals surface area contributed by atoms with Crippen LogP contribution in [0.4, 0.5) is 0 Å². The van der Waals surface area contributed by atoms with E-state index < -0.39 is 21.5 Å². The second-order valence-corrected chi connectivity index (χ2v) is 9.05. The summed E-state index contributed by atoms with van der Waals surface area (Å²) < 4.78 is 31.8. The molecule has 0 aliphatic heterocycles. The average Bonchev–Trinajstić information content (AvgIpc) is 2.56. The lowest BCUT2D eigenvalue weighted by atomic mass is 10.0. The Bertz CT molecular complexity index is 381. The Hall–Kier alpha value is -0.130. The van der Waals surface area contributed by atoms with E-state index in [2.05, 4.69) is 6.92 Å². The van der Waals surface area contributed by atoms with Gasteiger partial charge in [0, 0.05) is 0 Å². The van der Waals surface area contributed by atoms with Gasteiger partial charge in [0.05, 0.1) is 6.10 Å². The van der Waals surface area contributed by atoms with Crippen LogP contribution in [0.3, 0.4) is 0 Å². The minimum Gasteiger partial charge on any atom is -0.392 e. The summed E-state index contributed by atoms with van der Waals surface area (Å²) in [4.78, 5) is 0. The van der Waals surface area contributed by atoms with Crippen LogP contribution in [0.5, 0.6) is 0 Å². The highest BCUT2D eigenvalue weighted by molar-refractivity contribution is 7.86. The Kier molecular flexibility index (Phi) is 16.0. The smallest absolute Gasteiger partial charge is 0.270 e. The van der Waals surface area contributed by atoms with Gasteiger partial charge in [-0.05, 0) is 12.8 Å². The Morgan fingerprint density at radius 3 is 1.36 bits per heavy atom. The van der Waals surface area contributed by atoms with Crippen molar-refractivity contribution < 1.29 is 18.1 Å². The molecule has 0 aromatic heterocycles. The number of hydrogen-bond acceptors (Lipinski definition) is 3. The van der Waals surface area contributed by atoms with Crippen LogP contribution >= 0.6 is 0 Å². The van der Waals surface area contributed by atoms with Crippen molar-refractivity contribution in [3.63, 3.8) is 0 Å². The standard InChI is InChI=1S/C20H42O4S/c1-3-5-6-7-8-9-10-11-12-13-14-15-16-17-18-20(19(21)4-2)25(22,23)24/h19-21H,3-18H2,1-2H3,(H,22,23,24). The van der Waals surface area contributed by atoms with E-state index in [1.165, 1.54) is 70.6 Å². The van der Waals surface area contributed by atoms with E-state index in [0.717, 1.165) is 19.3 Å². The van der Waals surface area contributed by atoms with E-state index in [1.807, 2.05) is 0 Å². The lowest BCUT2D eigenvalue weighted by Gasteiger charge is -2.18. The second-order valence-electron chi connectivity index (χ2n) is 7.41. The SMILES string of the molecule is CCCCCCCCCCCCCCCCC(C(O)CC)S(=O)(=O)O. The third-order valence-electron chi connectivity index (χ3n) is 5.07. The van der Waals surface area contributed by atoms with E-state index in [9.17, 15) is 18.1 Å². The van der Waals surface area contributed by atoms with Crippen LogP contribution in [-0.4, -0.2) is 29.4 Å². The van der Waals surface area contributed by atoms with Gasteiger partial charge >= 0.3 is 0 Å². The van der Waals surface area contributed by atoms with Crippen LogP contribution in [-0.2, 0) is 10.1 Å².